The number of halogens is 1. The summed E-state index contributed by atoms with van der Waals surface area (Å²) in [6.45, 7) is 0. The average Bonchev–Trinajstić information content (AvgIpc) is 3.32. The lowest BCUT2D eigenvalue weighted by atomic mass is 10.1. The molecule has 0 radical (unpaired) electrons. The Kier molecular flexibility index (Phi) is 5.20. The minimum absolute atomic E-state index is 0.192. The summed E-state index contributed by atoms with van der Waals surface area (Å²) in [5.41, 5.74) is 4.35. The fraction of sp³-hybridized carbons (Fsp3) is 0.0417. The summed E-state index contributed by atoms with van der Waals surface area (Å²) in [5, 5.41) is 13.1. The number of hydrogen-bond donors (Lipinski definition) is 2. The van der Waals surface area contributed by atoms with E-state index in [2.05, 4.69) is 10.4 Å². The number of fused-ring (bicyclic) bond motifs is 1. The molecule has 2 heterocycles. The summed E-state index contributed by atoms with van der Waals surface area (Å²) >= 11 is 10.8. The average molecular weight is 460 g/mol. The number of amides is 1. The molecule has 3 aromatic carbocycles. The first-order valence-corrected chi connectivity index (χ1v) is 10.7. The number of rotatable bonds is 4. The van der Waals surface area contributed by atoms with Gasteiger partial charge < -0.3 is 5.32 Å². The number of thiol groups is 1. The van der Waals surface area contributed by atoms with Gasteiger partial charge in [-0.2, -0.15) is 14.7 Å². The molecule has 0 bridgehead atoms. The van der Waals surface area contributed by atoms with E-state index in [9.17, 15) is 4.79 Å². The van der Waals surface area contributed by atoms with Gasteiger partial charge in [-0.1, -0.05) is 54.1 Å². The first-order valence-electron chi connectivity index (χ1n) is 9.89. The van der Waals surface area contributed by atoms with E-state index in [1.165, 1.54) is 0 Å². The molecular formula is C24H18ClN5OS. The minimum Gasteiger partial charge on any atom is -0.321 e. The largest absolute Gasteiger partial charge is 0.321 e. The number of para-hydroxylation sites is 1. The van der Waals surface area contributed by atoms with Gasteiger partial charge in [-0.3, -0.25) is 4.79 Å². The maximum atomic E-state index is 12.8. The van der Waals surface area contributed by atoms with E-state index < -0.39 is 0 Å². The smallest absolute Gasteiger partial charge is 0.255 e. The van der Waals surface area contributed by atoms with Gasteiger partial charge in [-0.15, -0.1) is 12.6 Å². The van der Waals surface area contributed by atoms with Crippen LogP contribution in [0.15, 0.2) is 83.8 Å². The Morgan fingerprint density at radius 1 is 0.938 bits per heavy atom. The van der Waals surface area contributed by atoms with Crippen molar-refractivity contribution in [3.05, 3.63) is 89.4 Å². The quantitative estimate of drug-likeness (QED) is 0.344. The molecule has 2 aromatic heterocycles. The normalized spacial score (nSPS) is 11.1. The third kappa shape index (κ3) is 3.55. The Hall–Kier alpha value is -3.55. The number of aromatic nitrogens is 4. The van der Waals surface area contributed by atoms with Crippen LogP contribution in [0.25, 0.3) is 28.3 Å². The van der Waals surface area contributed by atoms with Crippen molar-refractivity contribution in [3.8, 4) is 22.6 Å². The monoisotopic (exact) mass is 459 g/mol. The summed E-state index contributed by atoms with van der Waals surface area (Å²) in [6.07, 6.45) is 0. The van der Waals surface area contributed by atoms with Crippen LogP contribution in [0.2, 0.25) is 5.02 Å². The first kappa shape index (κ1) is 20.4. The first-order chi connectivity index (χ1) is 15.5. The molecular weight excluding hydrogens is 442 g/mol. The van der Waals surface area contributed by atoms with Gasteiger partial charge in [0, 0.05) is 28.8 Å². The van der Waals surface area contributed by atoms with Gasteiger partial charge in [0.05, 0.1) is 10.6 Å². The van der Waals surface area contributed by atoms with Crippen molar-refractivity contribution in [1.82, 2.24) is 19.4 Å². The van der Waals surface area contributed by atoms with Crippen molar-refractivity contribution in [2.75, 3.05) is 5.32 Å². The highest BCUT2D eigenvalue weighted by Crippen LogP contribution is 2.34. The minimum atomic E-state index is -0.192. The summed E-state index contributed by atoms with van der Waals surface area (Å²) < 4.78 is 3.49. The van der Waals surface area contributed by atoms with E-state index in [1.54, 1.807) is 21.3 Å². The van der Waals surface area contributed by atoms with Gasteiger partial charge in [0.1, 0.15) is 5.69 Å². The van der Waals surface area contributed by atoms with Crippen LogP contribution in [-0.4, -0.2) is 25.3 Å². The summed E-state index contributed by atoms with van der Waals surface area (Å²) in [7, 11) is 1.84. The van der Waals surface area contributed by atoms with Gasteiger partial charge in [0.2, 0.25) is 0 Å². The van der Waals surface area contributed by atoms with Crippen LogP contribution >= 0.6 is 24.2 Å². The number of aryl methyl sites for hydroxylation is 1. The van der Waals surface area contributed by atoms with E-state index in [0.29, 0.717) is 27.0 Å². The molecule has 0 atom stereocenters. The molecule has 0 aliphatic carbocycles. The lowest BCUT2D eigenvalue weighted by Crippen LogP contribution is -2.12. The van der Waals surface area contributed by atoms with Crippen LogP contribution < -0.4 is 5.32 Å². The van der Waals surface area contributed by atoms with Crippen LogP contribution in [-0.2, 0) is 7.05 Å². The number of anilines is 1. The molecule has 8 heteroatoms. The molecule has 0 aliphatic heterocycles. The molecule has 0 fully saturated rings. The Labute approximate surface area is 194 Å². The van der Waals surface area contributed by atoms with Crippen molar-refractivity contribution in [3.63, 3.8) is 0 Å². The van der Waals surface area contributed by atoms with Crippen LogP contribution in [0.3, 0.4) is 0 Å². The van der Waals surface area contributed by atoms with Crippen LogP contribution in [0.4, 0.5) is 5.69 Å². The van der Waals surface area contributed by atoms with Crippen molar-refractivity contribution in [2.24, 2.45) is 7.05 Å². The molecule has 0 saturated heterocycles. The summed E-state index contributed by atoms with van der Waals surface area (Å²) in [5.74, 6) is 0.407. The lowest BCUT2D eigenvalue weighted by molar-refractivity contribution is 0.102. The second-order valence-electron chi connectivity index (χ2n) is 7.25. The molecule has 32 heavy (non-hydrogen) atoms. The number of nitrogens with one attached hydrogen (secondary N) is 1. The number of hydrogen-bond acceptors (Lipinski definition) is 4. The van der Waals surface area contributed by atoms with Gasteiger partial charge in [0.25, 0.3) is 5.91 Å². The maximum absolute atomic E-state index is 12.8. The third-order valence-corrected chi connectivity index (χ3v) is 5.82. The Morgan fingerprint density at radius 3 is 2.38 bits per heavy atom. The van der Waals surface area contributed by atoms with Crippen molar-refractivity contribution < 1.29 is 4.79 Å². The van der Waals surface area contributed by atoms with Crippen LogP contribution in [0.5, 0.6) is 0 Å². The van der Waals surface area contributed by atoms with Crippen molar-refractivity contribution in [2.45, 2.75) is 4.90 Å². The van der Waals surface area contributed by atoms with Gasteiger partial charge in [-0.05, 0) is 36.4 Å². The van der Waals surface area contributed by atoms with Gasteiger partial charge in [0.15, 0.2) is 11.5 Å². The van der Waals surface area contributed by atoms with Crippen molar-refractivity contribution >= 4 is 41.5 Å². The molecule has 0 spiro atoms. The highest BCUT2D eigenvalue weighted by atomic mass is 35.5. The maximum Gasteiger partial charge on any atom is 0.255 e. The molecule has 5 rings (SSSR count). The standard InChI is InChI=1S/C24H18ClN5OS/c1-29-24-21(32)20(15-11-13-17(25)14-12-15)27-30(24)22(28-29)18-9-5-6-10-19(18)26-23(31)16-7-3-2-4-8-16/h2-14,32H,1H3,(H,26,31). The molecule has 5 aromatic rings. The molecule has 0 aliphatic rings. The second kappa shape index (κ2) is 8.18. The Balaban J connectivity index is 1.61. The van der Waals surface area contributed by atoms with Crippen LogP contribution in [0, 0.1) is 0 Å². The summed E-state index contributed by atoms with van der Waals surface area (Å²) in [4.78, 5) is 13.5. The second-order valence-corrected chi connectivity index (χ2v) is 8.14. The number of carbonyl (C=O) groups excluding carboxylic acids is 1. The molecule has 0 saturated carbocycles. The highest BCUT2D eigenvalue weighted by molar-refractivity contribution is 7.80. The summed E-state index contributed by atoms with van der Waals surface area (Å²) in [6, 6.07) is 24.1. The highest BCUT2D eigenvalue weighted by Gasteiger charge is 2.22. The SMILES string of the molecule is Cn1nc(-c2ccccc2NC(=O)c2ccccc2)n2nc(-c3ccc(Cl)cc3)c(S)c12. The van der Waals surface area contributed by atoms with Gasteiger partial charge >= 0.3 is 0 Å². The van der Waals surface area contributed by atoms with E-state index in [1.807, 2.05) is 73.8 Å². The molecule has 158 valence electrons. The fourth-order valence-corrected chi connectivity index (χ4v) is 4.15. The molecule has 1 amide bonds. The predicted octanol–water partition coefficient (Wildman–Crippen LogP) is 5.60. The molecule has 6 nitrogen and oxygen atoms in total. The molecule has 0 unspecified atom stereocenters. The number of benzene rings is 3. The number of carbonyl (C=O) groups is 1. The van der Waals surface area contributed by atoms with Gasteiger partial charge in [-0.25, -0.2) is 4.68 Å². The molecule has 1 N–H and O–H groups in total. The lowest BCUT2D eigenvalue weighted by Gasteiger charge is -2.09. The van der Waals surface area contributed by atoms with Crippen LogP contribution in [0.1, 0.15) is 10.4 Å². The van der Waals surface area contributed by atoms with Crippen molar-refractivity contribution in [1.29, 1.82) is 0 Å². The Bertz CT molecular complexity index is 1440. The van der Waals surface area contributed by atoms with E-state index >= 15 is 0 Å². The predicted molar refractivity (Wildman–Crippen MR) is 129 cm³/mol. The van der Waals surface area contributed by atoms with E-state index in [0.717, 1.165) is 22.5 Å². The zero-order chi connectivity index (χ0) is 22.2. The topological polar surface area (TPSA) is 64.2 Å². The zero-order valence-corrected chi connectivity index (χ0v) is 18.7. The Morgan fingerprint density at radius 2 is 1.62 bits per heavy atom. The zero-order valence-electron chi connectivity index (χ0n) is 17.0. The fourth-order valence-electron chi connectivity index (χ4n) is 3.61. The van der Waals surface area contributed by atoms with E-state index in [4.69, 9.17) is 29.3 Å². The number of nitrogens with zero attached hydrogens (tertiary/aromatic N) is 4. The van der Waals surface area contributed by atoms with E-state index in [-0.39, 0.29) is 5.91 Å². The third-order valence-electron chi connectivity index (χ3n) is 5.16.